The highest BCUT2D eigenvalue weighted by molar-refractivity contribution is 7.91. The van der Waals surface area contributed by atoms with Crippen molar-refractivity contribution in [1.82, 2.24) is 10.2 Å². The number of carbonyl (C=O) groups excluding carboxylic acids is 1. The molecule has 2 rings (SSSR count). The first-order valence-corrected chi connectivity index (χ1v) is 10.1. The Bertz CT molecular complexity index is 693. The molecule has 0 aliphatic carbocycles. The van der Waals surface area contributed by atoms with Crippen molar-refractivity contribution in [2.75, 3.05) is 31.7 Å². The number of carbonyl (C=O) groups is 1. The lowest BCUT2D eigenvalue weighted by Gasteiger charge is -2.22. The quantitative estimate of drug-likeness (QED) is 0.782. The van der Waals surface area contributed by atoms with E-state index in [0.717, 1.165) is 11.3 Å². The average molecular weight is 375 g/mol. The van der Waals surface area contributed by atoms with Crippen LogP contribution in [0.4, 0.5) is 0 Å². The zero-order valence-electron chi connectivity index (χ0n) is 13.9. The molecule has 0 radical (unpaired) electrons. The fourth-order valence-electron chi connectivity index (χ4n) is 2.78. The number of benzene rings is 1. The van der Waals surface area contributed by atoms with Crippen LogP contribution < -0.4 is 10.1 Å². The number of ether oxygens (including phenoxy) is 1. The molecule has 1 aliphatic rings. The van der Waals surface area contributed by atoms with Crippen LogP contribution in [0.1, 0.15) is 18.9 Å². The second kappa shape index (κ2) is 8.18. The van der Waals surface area contributed by atoms with Gasteiger partial charge in [0.1, 0.15) is 5.75 Å². The molecule has 8 heteroatoms. The van der Waals surface area contributed by atoms with Crippen LogP contribution >= 0.6 is 11.6 Å². The van der Waals surface area contributed by atoms with Gasteiger partial charge in [0.2, 0.25) is 5.91 Å². The lowest BCUT2D eigenvalue weighted by molar-refractivity contribution is -0.122. The lowest BCUT2D eigenvalue weighted by atomic mass is 10.2. The smallest absolute Gasteiger partial charge is 0.234 e. The fraction of sp³-hybridized carbons (Fsp3) is 0.562. The molecule has 24 heavy (non-hydrogen) atoms. The van der Waals surface area contributed by atoms with Crippen LogP contribution in [-0.4, -0.2) is 57.0 Å². The summed E-state index contributed by atoms with van der Waals surface area (Å²) in [5.41, 5.74) is 0.906. The lowest BCUT2D eigenvalue weighted by Crippen LogP contribution is -2.42. The summed E-state index contributed by atoms with van der Waals surface area (Å²) in [5, 5.41) is 3.42. The number of halogens is 1. The summed E-state index contributed by atoms with van der Waals surface area (Å²) < 4.78 is 28.2. The Labute approximate surface area is 148 Å². The van der Waals surface area contributed by atoms with E-state index in [1.54, 1.807) is 19.2 Å². The molecule has 1 aromatic carbocycles. The molecule has 1 unspecified atom stereocenters. The van der Waals surface area contributed by atoms with Crippen molar-refractivity contribution >= 4 is 27.3 Å². The van der Waals surface area contributed by atoms with E-state index in [2.05, 4.69) is 5.32 Å². The molecule has 1 heterocycles. The van der Waals surface area contributed by atoms with E-state index >= 15 is 0 Å². The summed E-state index contributed by atoms with van der Waals surface area (Å²) in [5.74, 6) is 0.738. The van der Waals surface area contributed by atoms with Gasteiger partial charge >= 0.3 is 0 Å². The van der Waals surface area contributed by atoms with Crippen molar-refractivity contribution in [2.45, 2.75) is 25.9 Å². The van der Waals surface area contributed by atoms with Crippen molar-refractivity contribution in [3.05, 3.63) is 28.8 Å². The van der Waals surface area contributed by atoms with E-state index in [0.29, 0.717) is 24.5 Å². The first-order valence-electron chi connectivity index (χ1n) is 7.87. The van der Waals surface area contributed by atoms with Gasteiger partial charge in [-0.2, -0.15) is 0 Å². The fourth-order valence-corrected chi connectivity index (χ4v) is 4.64. The number of hydrogen-bond acceptors (Lipinski definition) is 5. The van der Waals surface area contributed by atoms with E-state index in [1.807, 2.05) is 17.9 Å². The van der Waals surface area contributed by atoms with Crippen molar-refractivity contribution in [1.29, 1.82) is 0 Å². The molecule has 0 saturated carbocycles. The molecule has 1 atom stereocenters. The minimum absolute atomic E-state index is 0.0347. The molecule has 134 valence electrons. The molecule has 6 nitrogen and oxygen atoms in total. The predicted molar refractivity (Wildman–Crippen MR) is 94.2 cm³/mol. The molecular weight excluding hydrogens is 352 g/mol. The van der Waals surface area contributed by atoms with Gasteiger partial charge in [-0.25, -0.2) is 8.42 Å². The number of nitrogens with one attached hydrogen (secondary N) is 1. The summed E-state index contributed by atoms with van der Waals surface area (Å²) in [4.78, 5) is 14.1. The van der Waals surface area contributed by atoms with Crippen LogP contribution in [0.3, 0.4) is 0 Å². The Hall–Kier alpha value is -1.31. The van der Waals surface area contributed by atoms with Crippen molar-refractivity contribution < 1.29 is 17.9 Å². The summed E-state index contributed by atoms with van der Waals surface area (Å²) in [6.07, 6.45) is 0.488. The number of amides is 1. The summed E-state index contributed by atoms with van der Waals surface area (Å²) >= 11 is 6.04. The average Bonchev–Trinajstić information content (AvgIpc) is 2.85. The molecule has 0 bridgehead atoms. The van der Waals surface area contributed by atoms with Crippen LogP contribution in [-0.2, 0) is 21.2 Å². The highest BCUT2D eigenvalue weighted by atomic mass is 35.5. The van der Waals surface area contributed by atoms with Crippen LogP contribution in [0.2, 0.25) is 5.02 Å². The molecular formula is C16H23ClN2O4S. The van der Waals surface area contributed by atoms with E-state index in [9.17, 15) is 13.2 Å². The first-order chi connectivity index (χ1) is 11.3. The van der Waals surface area contributed by atoms with Gasteiger partial charge in [0.15, 0.2) is 9.84 Å². The third kappa shape index (κ3) is 5.36. The summed E-state index contributed by atoms with van der Waals surface area (Å²) in [6.45, 7) is 3.36. The number of hydrogen-bond donors (Lipinski definition) is 1. The number of rotatable bonds is 7. The molecule has 1 amide bonds. The largest absolute Gasteiger partial charge is 0.496 e. The Morgan fingerprint density at radius 3 is 2.79 bits per heavy atom. The number of nitrogens with zero attached hydrogens (tertiary/aromatic N) is 1. The number of sulfone groups is 1. The third-order valence-corrected chi connectivity index (χ3v) is 6.05. The Morgan fingerprint density at radius 1 is 1.46 bits per heavy atom. The highest BCUT2D eigenvalue weighted by Crippen LogP contribution is 2.24. The zero-order chi connectivity index (χ0) is 17.7. The van der Waals surface area contributed by atoms with Gasteiger partial charge in [-0.05, 0) is 31.2 Å². The molecule has 0 spiro atoms. The molecule has 1 aromatic rings. The Balaban J connectivity index is 1.94. The third-order valence-electron chi connectivity index (χ3n) is 4.05. The minimum Gasteiger partial charge on any atom is -0.496 e. The van der Waals surface area contributed by atoms with E-state index < -0.39 is 9.84 Å². The van der Waals surface area contributed by atoms with Crippen LogP contribution in [0.5, 0.6) is 5.75 Å². The second-order valence-electron chi connectivity index (χ2n) is 5.93. The zero-order valence-corrected chi connectivity index (χ0v) is 15.5. The maximum Gasteiger partial charge on any atom is 0.234 e. The van der Waals surface area contributed by atoms with Gasteiger partial charge in [0.25, 0.3) is 0 Å². The molecule has 1 N–H and O–H groups in total. The topological polar surface area (TPSA) is 75.7 Å². The SMILES string of the molecule is CCN(CC(=O)NC1CCS(=O)(=O)C1)Cc1cc(Cl)ccc1OC. The summed E-state index contributed by atoms with van der Waals surface area (Å²) in [7, 11) is -1.40. The predicted octanol–water partition coefficient (Wildman–Crippen LogP) is 1.47. The number of methoxy groups -OCH3 is 1. The van der Waals surface area contributed by atoms with Crippen LogP contribution in [0, 0.1) is 0 Å². The number of likely N-dealkylation sites (N-methyl/N-ethyl adjacent to an activating group) is 1. The van der Waals surface area contributed by atoms with Gasteiger partial charge < -0.3 is 10.1 Å². The van der Waals surface area contributed by atoms with Crippen LogP contribution in [0.25, 0.3) is 0 Å². The Morgan fingerprint density at radius 2 is 2.21 bits per heavy atom. The second-order valence-corrected chi connectivity index (χ2v) is 8.59. The first kappa shape index (κ1) is 19.0. The van der Waals surface area contributed by atoms with Crippen LogP contribution in [0.15, 0.2) is 18.2 Å². The van der Waals surface area contributed by atoms with E-state index in [-0.39, 0.29) is 30.0 Å². The van der Waals surface area contributed by atoms with Gasteiger partial charge in [-0.15, -0.1) is 0 Å². The molecule has 1 saturated heterocycles. The van der Waals surface area contributed by atoms with E-state index in [1.165, 1.54) is 0 Å². The normalized spacial score (nSPS) is 19.4. The monoisotopic (exact) mass is 374 g/mol. The van der Waals surface area contributed by atoms with Gasteiger partial charge in [0, 0.05) is 23.2 Å². The van der Waals surface area contributed by atoms with Crippen molar-refractivity contribution in [3.63, 3.8) is 0 Å². The van der Waals surface area contributed by atoms with Crippen molar-refractivity contribution in [2.24, 2.45) is 0 Å². The summed E-state index contributed by atoms with van der Waals surface area (Å²) in [6, 6.07) is 5.11. The molecule has 1 fully saturated rings. The standard InChI is InChI=1S/C16H23ClN2O4S/c1-3-19(9-12-8-13(17)4-5-15(12)23-2)10-16(20)18-14-6-7-24(21,22)11-14/h4-5,8,14H,3,6-7,9-11H2,1-2H3,(H,18,20). The van der Waals surface area contributed by atoms with E-state index in [4.69, 9.17) is 16.3 Å². The minimum atomic E-state index is -3.00. The highest BCUT2D eigenvalue weighted by Gasteiger charge is 2.29. The molecule has 1 aliphatic heterocycles. The van der Waals surface area contributed by atoms with Crippen molar-refractivity contribution in [3.8, 4) is 5.75 Å². The maximum atomic E-state index is 12.2. The maximum absolute atomic E-state index is 12.2. The van der Waals surface area contributed by atoms with Gasteiger partial charge in [-0.3, -0.25) is 9.69 Å². The van der Waals surface area contributed by atoms with Gasteiger partial charge in [-0.1, -0.05) is 18.5 Å². The molecule has 0 aromatic heterocycles. The Kier molecular flexibility index (Phi) is 6.48. The van der Waals surface area contributed by atoms with Gasteiger partial charge in [0.05, 0.1) is 25.2 Å².